The van der Waals surface area contributed by atoms with Crippen molar-refractivity contribution in [2.45, 2.75) is 12.8 Å². The first-order valence-electron chi connectivity index (χ1n) is 12.8. The summed E-state index contributed by atoms with van der Waals surface area (Å²) in [5, 5.41) is 7.25. The van der Waals surface area contributed by atoms with E-state index in [4.69, 9.17) is 15.0 Å². The third-order valence-electron chi connectivity index (χ3n) is 6.60. The maximum absolute atomic E-state index is 12.5. The van der Waals surface area contributed by atoms with Crippen LogP contribution in [0, 0.1) is 0 Å². The number of aromatic nitrogens is 2. The molecule has 12 heteroatoms. The van der Waals surface area contributed by atoms with Crippen molar-refractivity contribution < 1.29 is 19.1 Å². The highest BCUT2D eigenvalue weighted by atomic mass is 16.5. The fraction of sp³-hybridized carbons (Fsp3) is 0.333. The average molecular weight is 529 g/mol. The van der Waals surface area contributed by atoms with Gasteiger partial charge in [0.05, 0.1) is 25.3 Å². The fourth-order valence-electron chi connectivity index (χ4n) is 4.70. The van der Waals surface area contributed by atoms with Crippen molar-refractivity contribution in [1.82, 2.24) is 14.9 Å². The Balaban J connectivity index is 1.22. The first-order valence-corrected chi connectivity index (χ1v) is 12.8. The number of nitrogens with one attached hydrogen (secondary N) is 1. The molecular formula is C27H28N8O4. The number of esters is 1. The van der Waals surface area contributed by atoms with Crippen molar-refractivity contribution in [2.75, 3.05) is 56.2 Å². The fourth-order valence-corrected chi connectivity index (χ4v) is 4.70. The number of rotatable bonds is 9. The number of hydrogen-bond donors (Lipinski definition) is 1. The molecule has 1 fully saturated rings. The third kappa shape index (κ3) is 6.50. The summed E-state index contributed by atoms with van der Waals surface area (Å²) in [6.07, 6.45) is 5.33. The Morgan fingerprint density at radius 1 is 1.13 bits per heavy atom. The van der Waals surface area contributed by atoms with E-state index in [2.05, 4.69) is 35.1 Å². The zero-order chi connectivity index (χ0) is 27.0. The van der Waals surface area contributed by atoms with E-state index in [1.165, 1.54) is 6.33 Å². The van der Waals surface area contributed by atoms with Gasteiger partial charge in [-0.25, -0.2) is 14.8 Å². The van der Waals surface area contributed by atoms with Gasteiger partial charge in [-0.2, -0.15) is 0 Å². The number of carbonyl (C=O) groups excluding carboxylic acids is 2. The van der Waals surface area contributed by atoms with E-state index in [0.29, 0.717) is 35.9 Å². The van der Waals surface area contributed by atoms with Crippen molar-refractivity contribution in [3.63, 3.8) is 0 Å². The van der Waals surface area contributed by atoms with Gasteiger partial charge >= 0.3 is 5.97 Å². The number of morpholine rings is 1. The summed E-state index contributed by atoms with van der Waals surface area (Å²) in [6, 6.07) is 10.9. The summed E-state index contributed by atoms with van der Waals surface area (Å²) in [6.45, 7) is 5.07. The van der Waals surface area contributed by atoms with Gasteiger partial charge in [-0.15, -0.1) is 0 Å². The van der Waals surface area contributed by atoms with Gasteiger partial charge in [0.2, 0.25) is 5.91 Å². The largest absolute Gasteiger partial charge is 0.462 e. The highest BCUT2D eigenvalue weighted by molar-refractivity contribution is 6.04. The molecule has 0 atom stereocenters. The number of fused-ring (bicyclic) bond motifs is 2. The van der Waals surface area contributed by atoms with Crippen LogP contribution in [0.15, 0.2) is 60.0 Å². The van der Waals surface area contributed by atoms with Crippen LogP contribution in [-0.4, -0.2) is 72.7 Å². The summed E-state index contributed by atoms with van der Waals surface area (Å²) < 4.78 is 10.5. The molecule has 2 aromatic carbocycles. The van der Waals surface area contributed by atoms with Crippen LogP contribution in [0.5, 0.6) is 0 Å². The number of hydrogen-bond acceptors (Lipinski definition) is 9. The van der Waals surface area contributed by atoms with E-state index < -0.39 is 11.9 Å². The molecule has 3 aromatic rings. The standard InChI is InChI=1S/C27H28N8O4/c28-33-32-21-3-2-19-8-10-35(24(19)17-21)27-22-16-20(4-5-23(22)29-18-30-27)31-25(36)6-7-26(37)39-13-1-9-34-11-14-38-15-12-34/h2-7,16-18H,1,8-15H2,(H,31,36)/b7-6+. The number of ether oxygens (including phenoxy) is 2. The monoisotopic (exact) mass is 528 g/mol. The molecule has 5 rings (SSSR count). The second-order valence-corrected chi connectivity index (χ2v) is 9.13. The Morgan fingerprint density at radius 3 is 2.85 bits per heavy atom. The van der Waals surface area contributed by atoms with Crippen LogP contribution in [-0.2, 0) is 25.5 Å². The summed E-state index contributed by atoms with van der Waals surface area (Å²) in [4.78, 5) is 40.6. The lowest BCUT2D eigenvalue weighted by molar-refractivity contribution is -0.138. The van der Waals surface area contributed by atoms with Crippen LogP contribution >= 0.6 is 0 Å². The van der Waals surface area contributed by atoms with Crippen molar-refractivity contribution in [2.24, 2.45) is 5.11 Å². The summed E-state index contributed by atoms with van der Waals surface area (Å²) in [7, 11) is 0. The van der Waals surface area contributed by atoms with Crippen LogP contribution in [0.4, 0.5) is 22.9 Å². The molecular weight excluding hydrogens is 500 g/mol. The van der Waals surface area contributed by atoms with E-state index in [1.807, 2.05) is 12.1 Å². The lowest BCUT2D eigenvalue weighted by Crippen LogP contribution is -2.37. The second kappa shape index (κ2) is 12.4. The average Bonchev–Trinajstić information content (AvgIpc) is 3.38. The lowest BCUT2D eigenvalue weighted by atomic mass is 10.1. The first kappa shape index (κ1) is 26.1. The summed E-state index contributed by atoms with van der Waals surface area (Å²) in [5.41, 5.74) is 12.6. The van der Waals surface area contributed by atoms with Crippen molar-refractivity contribution in [3.05, 3.63) is 70.9 Å². The maximum Gasteiger partial charge on any atom is 0.330 e. The number of benzene rings is 2. The molecule has 0 spiro atoms. The minimum atomic E-state index is -0.561. The Kier molecular flexibility index (Phi) is 8.27. The molecule has 0 bridgehead atoms. The highest BCUT2D eigenvalue weighted by Crippen LogP contribution is 2.39. The van der Waals surface area contributed by atoms with Crippen LogP contribution in [0.3, 0.4) is 0 Å². The van der Waals surface area contributed by atoms with Gasteiger partial charge in [0.1, 0.15) is 12.1 Å². The number of amides is 1. The van der Waals surface area contributed by atoms with Gasteiger partial charge in [-0.1, -0.05) is 17.2 Å². The smallest absolute Gasteiger partial charge is 0.330 e. The van der Waals surface area contributed by atoms with E-state index >= 15 is 0 Å². The molecule has 1 N–H and O–H groups in total. The SMILES string of the molecule is [N-]=[N+]=Nc1ccc2c(c1)N(c1ncnc3ccc(NC(=O)/C=C/C(=O)OCCCN4CCOCC4)cc13)CC2. The van der Waals surface area contributed by atoms with Gasteiger partial charge in [-0.05, 0) is 48.2 Å². The maximum atomic E-state index is 12.5. The zero-order valence-electron chi connectivity index (χ0n) is 21.3. The molecule has 2 aliphatic heterocycles. The van der Waals surface area contributed by atoms with Crippen LogP contribution in [0.1, 0.15) is 12.0 Å². The molecule has 0 unspecified atom stereocenters. The van der Waals surface area contributed by atoms with E-state index in [1.54, 1.807) is 24.3 Å². The highest BCUT2D eigenvalue weighted by Gasteiger charge is 2.23. The third-order valence-corrected chi connectivity index (χ3v) is 6.60. The molecule has 1 amide bonds. The predicted octanol–water partition coefficient (Wildman–Crippen LogP) is 4.03. The Labute approximate surface area is 224 Å². The van der Waals surface area contributed by atoms with E-state index in [-0.39, 0.29) is 0 Å². The van der Waals surface area contributed by atoms with Crippen molar-refractivity contribution >= 4 is 45.7 Å². The first-order chi connectivity index (χ1) is 19.1. The second-order valence-electron chi connectivity index (χ2n) is 9.13. The van der Waals surface area contributed by atoms with E-state index in [0.717, 1.165) is 74.5 Å². The molecule has 0 aliphatic carbocycles. The Bertz CT molecular complexity index is 1450. The van der Waals surface area contributed by atoms with Gasteiger partial charge in [0.25, 0.3) is 0 Å². The van der Waals surface area contributed by atoms with Gasteiger partial charge in [0.15, 0.2) is 0 Å². The molecule has 1 saturated heterocycles. The molecule has 0 radical (unpaired) electrons. The quantitative estimate of drug-likeness (QED) is 0.109. The summed E-state index contributed by atoms with van der Waals surface area (Å²) >= 11 is 0. The normalized spacial score (nSPS) is 15.2. The lowest BCUT2D eigenvalue weighted by Gasteiger charge is -2.26. The number of anilines is 3. The van der Waals surface area contributed by atoms with Crippen LogP contribution in [0.25, 0.3) is 21.3 Å². The predicted molar refractivity (Wildman–Crippen MR) is 146 cm³/mol. The number of carbonyl (C=O) groups is 2. The minimum Gasteiger partial charge on any atom is -0.462 e. The number of azide groups is 1. The van der Waals surface area contributed by atoms with Gasteiger partial charge < -0.3 is 19.7 Å². The number of nitrogens with zero attached hydrogens (tertiary/aromatic N) is 7. The molecule has 39 heavy (non-hydrogen) atoms. The van der Waals surface area contributed by atoms with Crippen LogP contribution in [0.2, 0.25) is 0 Å². The van der Waals surface area contributed by atoms with Crippen LogP contribution < -0.4 is 10.2 Å². The van der Waals surface area contributed by atoms with Crippen molar-refractivity contribution in [1.29, 1.82) is 0 Å². The van der Waals surface area contributed by atoms with Crippen molar-refractivity contribution in [3.8, 4) is 0 Å². The zero-order valence-corrected chi connectivity index (χ0v) is 21.3. The van der Waals surface area contributed by atoms with Gasteiger partial charge in [0, 0.05) is 65.7 Å². The Hall–Kier alpha value is -4.51. The summed E-state index contributed by atoms with van der Waals surface area (Å²) in [5.74, 6) is -0.332. The topological polar surface area (TPSA) is 146 Å². The molecule has 1 aromatic heterocycles. The van der Waals surface area contributed by atoms with E-state index in [9.17, 15) is 9.59 Å². The molecule has 200 valence electrons. The molecule has 2 aliphatic rings. The molecule has 0 saturated carbocycles. The molecule has 12 nitrogen and oxygen atoms in total. The van der Waals surface area contributed by atoms with Gasteiger partial charge in [-0.3, -0.25) is 9.69 Å². The molecule has 3 heterocycles. The Morgan fingerprint density at radius 2 is 2.00 bits per heavy atom. The minimum absolute atomic E-state index is 0.291.